The number of alkyl carbamates (subject to hydrolysis) is 1. The fourth-order valence-electron chi connectivity index (χ4n) is 10.6. The summed E-state index contributed by atoms with van der Waals surface area (Å²) < 4.78 is 72.4. The molecule has 0 aromatic heterocycles. The Bertz CT molecular complexity index is 2780. The smallest absolute Gasteiger partial charge is 0.411 e. The van der Waals surface area contributed by atoms with Crippen LogP contribution in [0.5, 0.6) is 17.2 Å². The molecule has 0 bridgehead atoms. The molecule has 4 fully saturated rings. The van der Waals surface area contributed by atoms with Gasteiger partial charge in [-0.15, -0.1) is 6.42 Å². The molecule has 4 saturated heterocycles. The van der Waals surface area contributed by atoms with Crippen molar-refractivity contribution < 1.29 is 106 Å². The fourth-order valence-corrected chi connectivity index (χ4v) is 14.7. The molecule has 19 atom stereocenters. The highest BCUT2D eigenvalue weighted by molar-refractivity contribution is 14.1. The molecule has 30 heteroatoms. The third kappa shape index (κ3) is 17.4. The Labute approximate surface area is 535 Å². The number of hydroxylamine groups is 1. The number of thioether (sulfide) groups is 1. The van der Waals surface area contributed by atoms with Gasteiger partial charge in [0, 0.05) is 58.8 Å². The van der Waals surface area contributed by atoms with E-state index in [1.165, 1.54) is 90.8 Å². The number of allylic oxidation sites excluding steroid dienone is 3. The maximum atomic E-state index is 14.5. The number of ether oxygens (including phenoxy) is 12. The molecule has 0 saturated carbocycles. The lowest BCUT2D eigenvalue weighted by molar-refractivity contribution is -0.337. The Kier molecular flexibility index (Phi) is 27.7. The quantitative estimate of drug-likeness (QED) is 0.0286. The number of carbonyl (C=O) groups is 4. The van der Waals surface area contributed by atoms with E-state index in [-0.39, 0.29) is 65.0 Å². The van der Waals surface area contributed by atoms with E-state index in [9.17, 15) is 44.7 Å². The summed E-state index contributed by atoms with van der Waals surface area (Å²) in [4.78, 5) is 61.5. The second-order valence-electron chi connectivity index (χ2n) is 20.9. The average molecular weight is 1410 g/mol. The summed E-state index contributed by atoms with van der Waals surface area (Å²) in [5, 5.41) is 59.1. The molecule has 5 aliphatic rings. The predicted molar refractivity (Wildman–Crippen MR) is 331 cm³/mol. The van der Waals surface area contributed by atoms with Crippen molar-refractivity contribution in [3.63, 3.8) is 0 Å². The van der Waals surface area contributed by atoms with E-state index in [1.807, 2.05) is 28.8 Å². The van der Waals surface area contributed by atoms with Gasteiger partial charge in [0.05, 0.1) is 96.2 Å². The van der Waals surface area contributed by atoms with Gasteiger partial charge in [0.25, 0.3) is 0 Å². The van der Waals surface area contributed by atoms with Crippen LogP contribution in [0.3, 0.4) is 0 Å². The number of Topliss-reactive ketones (excluding diaryl/α,β-unsaturated/α-hetero) is 1. The van der Waals surface area contributed by atoms with Crippen molar-refractivity contribution in [1.82, 2.24) is 15.7 Å². The van der Waals surface area contributed by atoms with Crippen LogP contribution in [-0.2, 0) is 57.1 Å². The first-order valence-corrected chi connectivity index (χ1v) is 33.5. The summed E-state index contributed by atoms with van der Waals surface area (Å²) in [5.74, 6) is 7.70. The van der Waals surface area contributed by atoms with E-state index >= 15 is 0 Å². The van der Waals surface area contributed by atoms with Crippen LogP contribution in [0.4, 0.5) is 4.79 Å². The Hall–Kier alpha value is -3.43. The summed E-state index contributed by atoms with van der Waals surface area (Å²) in [6.07, 6.45) is -7.59. The van der Waals surface area contributed by atoms with Crippen molar-refractivity contribution in [2.75, 3.05) is 61.2 Å². The molecule has 1 aliphatic carbocycles. The van der Waals surface area contributed by atoms with Gasteiger partial charge >= 0.3 is 6.09 Å². The molecule has 4 aliphatic heterocycles. The lowest BCUT2D eigenvalue weighted by atomic mass is 9.76. The van der Waals surface area contributed by atoms with E-state index in [0.717, 1.165) is 18.9 Å². The molecule has 484 valence electrons. The van der Waals surface area contributed by atoms with Crippen molar-refractivity contribution in [3.8, 4) is 41.4 Å². The van der Waals surface area contributed by atoms with Gasteiger partial charge in [0.2, 0.25) is 23.1 Å². The number of carbonyl (C=O) groups excluding carboxylic acids is 4. The van der Waals surface area contributed by atoms with Gasteiger partial charge in [0.1, 0.15) is 36.6 Å². The number of methoxy groups -OCH3 is 5. The molecule has 87 heavy (non-hydrogen) atoms. The van der Waals surface area contributed by atoms with E-state index in [1.54, 1.807) is 40.8 Å². The van der Waals surface area contributed by atoms with Gasteiger partial charge in [-0.05, 0) is 96.6 Å². The third-order valence-electron chi connectivity index (χ3n) is 15.2. The number of aliphatic hydroxyl groups is 5. The number of ketones is 1. The first-order chi connectivity index (χ1) is 41.3. The molecule has 25 nitrogen and oxygen atoms in total. The van der Waals surface area contributed by atoms with E-state index in [4.69, 9.17) is 68.1 Å². The summed E-state index contributed by atoms with van der Waals surface area (Å²) in [6, 6.07) is -1.66. The monoisotopic (exact) mass is 1410 g/mol. The largest absolute Gasteiger partial charge is 0.492 e. The maximum absolute atomic E-state index is 14.5. The number of likely N-dealkylation sites (N-methyl/N-ethyl adjacent to an activating group) is 1. The van der Waals surface area contributed by atoms with Crippen LogP contribution in [0.2, 0.25) is 0 Å². The highest BCUT2D eigenvalue weighted by atomic mass is 127. The number of aliphatic hydroxyl groups excluding tert-OH is 4. The molecule has 7 N–H and O–H groups in total. The molecule has 2 amide bonds. The zero-order valence-corrected chi connectivity index (χ0v) is 55.8. The van der Waals surface area contributed by atoms with Gasteiger partial charge in [-0.25, -0.2) is 4.79 Å². The summed E-state index contributed by atoms with van der Waals surface area (Å²) in [7, 11) is 12.7. The lowest BCUT2D eigenvalue weighted by Gasteiger charge is -2.47. The zero-order valence-electron chi connectivity index (χ0n) is 50.4. The Morgan fingerprint density at radius 2 is 1.62 bits per heavy atom. The van der Waals surface area contributed by atoms with Crippen molar-refractivity contribution in [2.24, 2.45) is 0 Å². The molecule has 1 unspecified atom stereocenters. The van der Waals surface area contributed by atoms with E-state index in [2.05, 4.69) is 28.6 Å². The Morgan fingerprint density at radius 3 is 2.24 bits per heavy atom. The molecule has 1 aromatic rings. The normalized spacial score (nSPS) is 33.7. The second-order valence-corrected chi connectivity index (χ2v) is 27.5. The molecule has 1 aromatic carbocycles. The van der Waals surface area contributed by atoms with Crippen molar-refractivity contribution >= 4 is 88.7 Å². The van der Waals surface area contributed by atoms with Gasteiger partial charge in [0.15, 0.2) is 36.2 Å². The topological polar surface area (TPSA) is 317 Å². The fraction of sp³-hybridized carbons (Fsp3) is 0.649. The summed E-state index contributed by atoms with van der Waals surface area (Å²) in [6.45, 7) is 9.38. The Balaban J connectivity index is 1.27. The van der Waals surface area contributed by atoms with E-state index < -0.39 is 139 Å². The number of halogens is 1. The molecule has 0 spiro atoms. The van der Waals surface area contributed by atoms with Crippen LogP contribution >= 0.6 is 65.8 Å². The number of nitrogens with one attached hydrogen (secondary N) is 2. The number of benzene rings is 1. The highest BCUT2D eigenvalue weighted by Gasteiger charge is 2.52. The molecule has 6 rings (SSSR count). The first kappa shape index (κ1) is 72.6. The van der Waals surface area contributed by atoms with Gasteiger partial charge in [-0.2, -0.15) is 5.48 Å². The van der Waals surface area contributed by atoms with Crippen molar-refractivity contribution in [3.05, 3.63) is 49.8 Å². The van der Waals surface area contributed by atoms with Crippen LogP contribution in [0.15, 0.2) is 35.1 Å². The maximum Gasteiger partial charge on any atom is 0.411 e. The van der Waals surface area contributed by atoms with Crippen molar-refractivity contribution in [1.29, 1.82) is 0 Å². The van der Waals surface area contributed by atoms with Gasteiger partial charge < -0.3 is 87.3 Å². The lowest BCUT2D eigenvalue weighted by Crippen LogP contribution is -2.65. The van der Waals surface area contributed by atoms with Crippen LogP contribution in [0.25, 0.3) is 0 Å². The zero-order chi connectivity index (χ0) is 64.2. The Morgan fingerprint density at radius 1 is 0.920 bits per heavy atom. The average Bonchev–Trinajstić information content (AvgIpc) is 0.905. The van der Waals surface area contributed by atoms with Crippen LogP contribution in [0.1, 0.15) is 69.8 Å². The first-order valence-electron chi connectivity index (χ1n) is 27.5. The molecule has 4 heterocycles. The minimum absolute atomic E-state index is 0.0111. The number of hydrogen-bond acceptors (Lipinski definition) is 27. The molecular formula is C57H78IN3O22S4. The number of rotatable bonds is 22. The van der Waals surface area contributed by atoms with Gasteiger partial charge in [-0.1, -0.05) is 57.2 Å². The number of terminal acetylenes is 1. The predicted octanol–water partition coefficient (Wildman–Crippen LogP) is 3.70. The summed E-state index contributed by atoms with van der Waals surface area (Å²) >= 11 is 2.80. The third-order valence-corrected chi connectivity index (χ3v) is 21.6. The minimum Gasteiger partial charge on any atom is -0.492 e. The van der Waals surface area contributed by atoms with Gasteiger partial charge in [-0.3, -0.25) is 24.5 Å². The number of hydrogen-bond donors (Lipinski definition) is 7. The highest BCUT2D eigenvalue weighted by Crippen LogP contribution is 2.49. The number of amides is 2. The number of nitrogens with zero attached hydrogens (tertiary/aromatic N) is 1. The SMILES string of the molecule is C#C/C=C\C#CC(O[C@@H]1O[C@H](C)[C@@H](NO[C@H]2C[C@H](O)[C@H](SC(=O)c3c(C)c(I)c(O[C@@H]4O[C@@H](C)[C@H](O)[C@@H](OC)[C@H]4O)c(OC)c3OC)[C@@H](C)O2)[C@H](O)[C@H]1O[C@H]1C[C@H](OC)[C@@H](N(C)C(C)=O)CO1)C1=C(NC(=O)OC)C(=O)C[C@](C)(O)/C1=C/CSSSC. The van der Waals surface area contributed by atoms with E-state index in [0.29, 0.717) is 14.9 Å². The standard InChI is InChI=1S/C57H78IN3O22S4/c1-15-16-17-18-19-35(40-31(20-21-85-87-84-14)57(7,70)24-34(64)43(40)59-56(69)75-13)80-55-50(81-37-23-36(71-9)32(25-76-37)61(8)30(6)62)45(66)42(27(3)78-55)60-83-38-22-33(63)52(29(5)77-38)86-53(68)39-26(2)41(58)48(51(74-12)47(39)72-10)82-54-46(67)49(73-11)44(65)28(4)79-54/h1,16-17,20,27-29,32-33,35-38,42,44-46,49-50,52,54-55,60,63,65-67,70H,21-25H2,2-14H3,(H,59,69)/b17-16-,31-20+/t27-,28+,29-,32+,33+,35?,36+,37+,38+,42-,44+,45+,46-,49-,50-,52-,54+,55+,57+/m1/s1. The van der Waals surface area contributed by atoms with Crippen LogP contribution in [0, 0.1) is 34.7 Å². The molecule has 0 radical (unpaired) electrons. The summed E-state index contributed by atoms with van der Waals surface area (Å²) in [5.41, 5.74) is 1.48. The molecular weight excluding hydrogens is 1330 g/mol. The minimum atomic E-state index is -1.81. The van der Waals surface area contributed by atoms with Crippen LogP contribution in [-0.4, -0.2) is 230 Å². The second kappa shape index (κ2) is 33.2. The van der Waals surface area contributed by atoms with Crippen molar-refractivity contribution in [2.45, 2.75) is 176 Å². The van der Waals surface area contributed by atoms with Crippen LogP contribution < -0.4 is 25.0 Å².